The molecule has 1 aromatic carbocycles. The lowest BCUT2D eigenvalue weighted by Crippen LogP contribution is -2.36. The van der Waals surface area contributed by atoms with Gasteiger partial charge in [0.15, 0.2) is 0 Å². The standard InChI is InChI=1S/C31H49N5O7Si/c1-9-42-28(37)24-13-11-10-12-23(35-30(39)43-31(2,3)4)27-34-26(19-36(27)20-41-16-17-44(6,7)8)22-15-14-21(18-25(22)33-24)32-29(38)40-5/h14-15,18-19,23-24,33H,9-13,16-17,20H2,1-8H3,(H,32,38)(H,35,39)/t23-,24+/m0/s1. The summed E-state index contributed by atoms with van der Waals surface area (Å²) < 4.78 is 23.8. The number of anilines is 2. The number of fused-ring (bicyclic) bond motifs is 4. The molecule has 1 aromatic heterocycles. The molecule has 2 bridgehead atoms. The minimum Gasteiger partial charge on any atom is -0.464 e. The van der Waals surface area contributed by atoms with Crippen molar-refractivity contribution in [3.05, 3.63) is 30.2 Å². The predicted molar refractivity (Wildman–Crippen MR) is 172 cm³/mol. The first kappa shape index (κ1) is 34.9. The van der Waals surface area contributed by atoms with Crippen molar-refractivity contribution in [1.29, 1.82) is 0 Å². The molecule has 244 valence electrons. The van der Waals surface area contributed by atoms with Gasteiger partial charge in [-0.05, 0) is 64.8 Å². The number of nitrogens with one attached hydrogen (secondary N) is 3. The van der Waals surface area contributed by atoms with E-state index in [-0.39, 0.29) is 19.3 Å². The molecule has 0 aliphatic carbocycles. The maximum absolute atomic E-state index is 13.0. The molecule has 0 spiro atoms. The first-order valence-corrected chi connectivity index (χ1v) is 19.0. The molecule has 3 rings (SSSR count). The number of amides is 2. The first-order valence-electron chi connectivity index (χ1n) is 15.3. The van der Waals surface area contributed by atoms with E-state index < -0.39 is 37.9 Å². The highest BCUT2D eigenvalue weighted by atomic mass is 28.3. The summed E-state index contributed by atoms with van der Waals surface area (Å²) >= 11 is 0. The van der Waals surface area contributed by atoms with E-state index in [1.54, 1.807) is 19.1 Å². The fraction of sp³-hybridized carbons (Fsp3) is 0.613. The van der Waals surface area contributed by atoms with E-state index in [9.17, 15) is 14.4 Å². The van der Waals surface area contributed by atoms with Crippen molar-refractivity contribution in [1.82, 2.24) is 14.9 Å². The summed E-state index contributed by atoms with van der Waals surface area (Å²) in [6, 6.07) is 5.22. The van der Waals surface area contributed by atoms with Gasteiger partial charge in [-0.25, -0.2) is 19.4 Å². The molecule has 2 heterocycles. The van der Waals surface area contributed by atoms with E-state index in [1.807, 2.05) is 37.6 Å². The molecule has 1 aliphatic heterocycles. The van der Waals surface area contributed by atoms with Crippen LogP contribution < -0.4 is 16.0 Å². The van der Waals surface area contributed by atoms with Crippen LogP contribution in [0.5, 0.6) is 0 Å². The van der Waals surface area contributed by atoms with Crippen molar-refractivity contribution in [2.75, 3.05) is 31.0 Å². The lowest BCUT2D eigenvalue weighted by molar-refractivity contribution is -0.144. The normalized spacial score (nSPS) is 17.2. The van der Waals surface area contributed by atoms with Crippen molar-refractivity contribution >= 4 is 37.6 Å². The van der Waals surface area contributed by atoms with E-state index in [4.69, 9.17) is 23.9 Å². The molecule has 12 nitrogen and oxygen atoms in total. The number of carbonyl (C=O) groups excluding carboxylic acids is 3. The van der Waals surface area contributed by atoms with Crippen molar-refractivity contribution in [2.45, 2.75) is 103 Å². The van der Waals surface area contributed by atoms with Crippen LogP contribution >= 0.6 is 0 Å². The molecular weight excluding hydrogens is 582 g/mol. The highest BCUT2D eigenvalue weighted by Crippen LogP contribution is 2.34. The van der Waals surface area contributed by atoms with Crippen LogP contribution in [0.15, 0.2) is 24.4 Å². The predicted octanol–water partition coefficient (Wildman–Crippen LogP) is 6.52. The number of ether oxygens (including phenoxy) is 4. The Kier molecular flexibility index (Phi) is 12.2. The smallest absolute Gasteiger partial charge is 0.411 e. The molecule has 3 N–H and O–H groups in total. The minimum absolute atomic E-state index is 0.251. The Morgan fingerprint density at radius 2 is 1.84 bits per heavy atom. The third-order valence-electron chi connectivity index (χ3n) is 6.90. The van der Waals surface area contributed by atoms with Crippen molar-refractivity contribution in [2.24, 2.45) is 0 Å². The number of alkyl carbamates (subject to hydrolysis) is 1. The Morgan fingerprint density at radius 3 is 2.50 bits per heavy atom. The number of esters is 1. The molecule has 2 atom stereocenters. The average Bonchev–Trinajstić information content (AvgIpc) is 3.34. The summed E-state index contributed by atoms with van der Waals surface area (Å²) in [6.45, 7) is 15.3. The maximum atomic E-state index is 13.0. The number of aromatic nitrogens is 2. The van der Waals surface area contributed by atoms with E-state index in [0.717, 1.165) is 6.04 Å². The van der Waals surface area contributed by atoms with Crippen molar-refractivity contribution in [3.63, 3.8) is 0 Å². The zero-order valence-corrected chi connectivity index (χ0v) is 28.4. The molecule has 0 unspecified atom stereocenters. The Balaban J connectivity index is 2.09. The van der Waals surface area contributed by atoms with Crippen LogP contribution in [0.25, 0.3) is 11.3 Å². The summed E-state index contributed by atoms with van der Waals surface area (Å²) in [5, 5.41) is 9.07. The first-order chi connectivity index (χ1) is 20.7. The van der Waals surface area contributed by atoms with Gasteiger partial charge in [0.2, 0.25) is 0 Å². The molecule has 2 amide bonds. The van der Waals surface area contributed by atoms with Crippen LogP contribution in [0.1, 0.15) is 65.2 Å². The van der Waals surface area contributed by atoms with Gasteiger partial charge in [0.1, 0.15) is 24.2 Å². The number of methoxy groups -OCH3 is 1. The second-order valence-electron chi connectivity index (χ2n) is 13.1. The SMILES string of the molecule is CCOC(=O)[C@H]1CCCC[C@H](NC(=O)OC(C)(C)C)c2nc(cn2COCC[Si](C)(C)C)-c2ccc(NC(=O)OC)cc2N1. The molecule has 1 aliphatic rings. The highest BCUT2D eigenvalue weighted by molar-refractivity contribution is 6.76. The van der Waals surface area contributed by atoms with Gasteiger partial charge in [-0.1, -0.05) is 32.5 Å². The number of nitrogens with zero attached hydrogens (tertiary/aromatic N) is 2. The van der Waals surface area contributed by atoms with E-state index in [0.29, 0.717) is 60.7 Å². The summed E-state index contributed by atoms with van der Waals surface area (Å²) in [5.41, 5.74) is 1.72. The Morgan fingerprint density at radius 1 is 1.11 bits per heavy atom. The van der Waals surface area contributed by atoms with Crippen LogP contribution in [-0.4, -0.2) is 67.7 Å². The molecule has 0 saturated carbocycles. The van der Waals surface area contributed by atoms with E-state index in [2.05, 4.69) is 35.6 Å². The van der Waals surface area contributed by atoms with Gasteiger partial charge >= 0.3 is 18.2 Å². The number of carbonyl (C=O) groups is 3. The van der Waals surface area contributed by atoms with Gasteiger partial charge in [-0.15, -0.1) is 0 Å². The quantitative estimate of drug-likeness (QED) is 0.122. The zero-order valence-electron chi connectivity index (χ0n) is 27.4. The van der Waals surface area contributed by atoms with Crippen LogP contribution in [0, 0.1) is 0 Å². The topological polar surface area (TPSA) is 142 Å². The number of imidazole rings is 1. The largest absolute Gasteiger partial charge is 0.464 e. The van der Waals surface area contributed by atoms with Gasteiger partial charge in [0, 0.05) is 37.8 Å². The second kappa shape index (κ2) is 15.4. The third-order valence-corrected chi connectivity index (χ3v) is 8.60. The molecular formula is C31H49N5O7Si. The second-order valence-corrected chi connectivity index (χ2v) is 18.7. The number of hydrogen-bond acceptors (Lipinski definition) is 9. The lowest BCUT2D eigenvalue weighted by Gasteiger charge is -2.25. The fourth-order valence-electron chi connectivity index (χ4n) is 4.71. The Bertz CT molecular complexity index is 1290. The maximum Gasteiger partial charge on any atom is 0.411 e. The monoisotopic (exact) mass is 631 g/mol. The number of hydrogen-bond donors (Lipinski definition) is 3. The molecule has 0 saturated heterocycles. The Hall–Kier alpha value is -3.58. The Labute approximate surface area is 261 Å². The van der Waals surface area contributed by atoms with Crippen LogP contribution in [-0.2, 0) is 30.5 Å². The molecule has 0 radical (unpaired) electrons. The van der Waals surface area contributed by atoms with Crippen LogP contribution in [0.2, 0.25) is 25.7 Å². The minimum atomic E-state index is -1.30. The molecule has 2 aromatic rings. The van der Waals surface area contributed by atoms with E-state index >= 15 is 0 Å². The zero-order chi connectivity index (χ0) is 32.5. The summed E-state index contributed by atoms with van der Waals surface area (Å²) in [4.78, 5) is 42.9. The van der Waals surface area contributed by atoms with Crippen LogP contribution in [0.4, 0.5) is 21.0 Å². The lowest BCUT2D eigenvalue weighted by atomic mass is 10.0. The fourth-order valence-corrected chi connectivity index (χ4v) is 5.47. The molecule has 44 heavy (non-hydrogen) atoms. The van der Waals surface area contributed by atoms with Crippen molar-refractivity contribution < 1.29 is 33.3 Å². The molecule has 0 fully saturated rings. The third kappa shape index (κ3) is 10.8. The van der Waals surface area contributed by atoms with Gasteiger partial charge < -0.3 is 34.1 Å². The number of benzene rings is 1. The van der Waals surface area contributed by atoms with Gasteiger partial charge in [-0.2, -0.15) is 0 Å². The van der Waals surface area contributed by atoms with Crippen molar-refractivity contribution in [3.8, 4) is 11.3 Å². The van der Waals surface area contributed by atoms with Gasteiger partial charge in [-0.3, -0.25) is 5.32 Å². The van der Waals surface area contributed by atoms with E-state index in [1.165, 1.54) is 7.11 Å². The summed E-state index contributed by atoms with van der Waals surface area (Å²) in [7, 11) is -0.00491. The summed E-state index contributed by atoms with van der Waals surface area (Å²) in [6.07, 6.45) is 3.20. The van der Waals surface area contributed by atoms with Crippen LogP contribution in [0.3, 0.4) is 0 Å². The highest BCUT2D eigenvalue weighted by Gasteiger charge is 2.28. The van der Waals surface area contributed by atoms with Gasteiger partial charge in [0.05, 0.1) is 25.5 Å². The number of rotatable bonds is 9. The molecule has 13 heteroatoms. The average molecular weight is 632 g/mol. The van der Waals surface area contributed by atoms with Gasteiger partial charge in [0.25, 0.3) is 0 Å². The summed E-state index contributed by atoms with van der Waals surface area (Å²) in [5.74, 6) is 0.274.